The summed E-state index contributed by atoms with van der Waals surface area (Å²) in [5, 5.41) is 0. The number of rotatable bonds is 4. The van der Waals surface area contributed by atoms with Crippen LogP contribution in [-0.4, -0.2) is 25.3 Å². The average Bonchev–Trinajstić information content (AvgIpc) is 2.63. The Hall–Kier alpha value is -0.570. The van der Waals surface area contributed by atoms with E-state index in [2.05, 4.69) is 0 Å². The summed E-state index contributed by atoms with van der Waals surface area (Å²) in [6.07, 6.45) is 4.72. The number of carbonyl (C=O) groups excluding carboxylic acids is 1. The van der Waals surface area contributed by atoms with Gasteiger partial charge in [-0.15, -0.1) is 0 Å². The van der Waals surface area contributed by atoms with Crippen LogP contribution in [0.15, 0.2) is 0 Å². The van der Waals surface area contributed by atoms with Crippen molar-refractivity contribution < 1.29 is 14.3 Å². The molecule has 0 bridgehead atoms. The van der Waals surface area contributed by atoms with Crippen LogP contribution in [0.25, 0.3) is 0 Å². The Labute approximate surface area is 98.5 Å². The Morgan fingerprint density at radius 2 is 1.88 bits per heavy atom. The fourth-order valence-corrected chi connectivity index (χ4v) is 2.31. The first kappa shape index (κ1) is 13.5. The molecule has 0 radical (unpaired) electrons. The van der Waals surface area contributed by atoms with Gasteiger partial charge < -0.3 is 9.47 Å². The van der Waals surface area contributed by atoms with Crippen LogP contribution >= 0.6 is 0 Å². The highest BCUT2D eigenvalue weighted by molar-refractivity contribution is 5.73. The molecule has 0 spiro atoms. The third kappa shape index (κ3) is 4.12. The van der Waals surface area contributed by atoms with Crippen molar-refractivity contribution in [3.05, 3.63) is 0 Å². The van der Waals surface area contributed by atoms with E-state index in [-0.39, 0.29) is 11.9 Å². The minimum absolute atomic E-state index is 0.0771. The van der Waals surface area contributed by atoms with Crippen LogP contribution in [0.4, 0.5) is 0 Å². The number of methoxy groups -OCH3 is 1. The molecular weight excluding hydrogens is 204 g/mol. The molecule has 0 aromatic carbocycles. The lowest BCUT2D eigenvalue weighted by molar-refractivity contribution is -0.164. The lowest BCUT2D eigenvalue weighted by Crippen LogP contribution is -2.34. The lowest BCUT2D eigenvalue weighted by atomic mass is 9.91. The Bertz CT molecular complexity index is 224. The molecule has 1 aliphatic carbocycles. The SMILES string of the molecule is COCC(C(=O)OC(C)(C)C)C1CCCC1. The highest BCUT2D eigenvalue weighted by atomic mass is 16.6. The molecule has 1 saturated carbocycles. The number of esters is 1. The number of ether oxygens (including phenoxy) is 2. The summed E-state index contributed by atoms with van der Waals surface area (Å²) in [5.41, 5.74) is -0.401. The summed E-state index contributed by atoms with van der Waals surface area (Å²) in [6.45, 7) is 6.20. The maximum Gasteiger partial charge on any atom is 0.312 e. The molecule has 3 heteroatoms. The molecule has 0 aliphatic heterocycles. The maximum absolute atomic E-state index is 12.0. The largest absolute Gasteiger partial charge is 0.460 e. The smallest absolute Gasteiger partial charge is 0.312 e. The number of hydrogen-bond donors (Lipinski definition) is 0. The molecule has 0 saturated heterocycles. The van der Waals surface area contributed by atoms with Gasteiger partial charge in [0.2, 0.25) is 0 Å². The van der Waals surface area contributed by atoms with Crippen LogP contribution in [0.3, 0.4) is 0 Å². The predicted octanol–water partition coefficient (Wildman–Crippen LogP) is 2.78. The van der Waals surface area contributed by atoms with E-state index in [0.29, 0.717) is 12.5 Å². The van der Waals surface area contributed by atoms with Crippen molar-refractivity contribution in [3.8, 4) is 0 Å². The van der Waals surface area contributed by atoms with Gasteiger partial charge in [0, 0.05) is 7.11 Å². The second kappa shape index (κ2) is 5.67. The van der Waals surface area contributed by atoms with E-state index >= 15 is 0 Å². The molecule has 0 amide bonds. The standard InChI is InChI=1S/C13H24O3/c1-13(2,3)16-12(14)11(9-15-4)10-7-5-6-8-10/h10-11H,5-9H2,1-4H3. The second-order valence-electron chi connectivity index (χ2n) is 5.64. The van der Waals surface area contributed by atoms with Gasteiger partial charge >= 0.3 is 5.97 Å². The molecule has 1 fully saturated rings. The van der Waals surface area contributed by atoms with Crippen LogP contribution in [0.5, 0.6) is 0 Å². The van der Waals surface area contributed by atoms with E-state index in [1.807, 2.05) is 20.8 Å². The molecule has 0 N–H and O–H groups in total. The molecular formula is C13H24O3. The van der Waals surface area contributed by atoms with E-state index < -0.39 is 5.60 Å². The van der Waals surface area contributed by atoms with E-state index in [0.717, 1.165) is 12.8 Å². The lowest BCUT2D eigenvalue weighted by Gasteiger charge is -2.26. The minimum atomic E-state index is -0.401. The zero-order valence-corrected chi connectivity index (χ0v) is 10.9. The molecule has 1 unspecified atom stereocenters. The normalized spacial score (nSPS) is 19.8. The fraction of sp³-hybridized carbons (Fsp3) is 0.923. The second-order valence-corrected chi connectivity index (χ2v) is 5.64. The molecule has 1 atom stereocenters. The third-order valence-electron chi connectivity index (χ3n) is 3.02. The maximum atomic E-state index is 12.0. The van der Waals surface area contributed by atoms with E-state index in [4.69, 9.17) is 9.47 Å². The van der Waals surface area contributed by atoms with Gasteiger partial charge in [-0.25, -0.2) is 0 Å². The monoisotopic (exact) mass is 228 g/mol. The van der Waals surface area contributed by atoms with Crippen LogP contribution in [0, 0.1) is 11.8 Å². The zero-order valence-electron chi connectivity index (χ0n) is 10.9. The van der Waals surface area contributed by atoms with Crippen molar-refractivity contribution in [1.29, 1.82) is 0 Å². The molecule has 3 nitrogen and oxygen atoms in total. The van der Waals surface area contributed by atoms with Gasteiger partial charge in [-0.1, -0.05) is 12.8 Å². The molecule has 1 aliphatic rings. The molecule has 94 valence electrons. The van der Waals surface area contributed by atoms with Crippen molar-refractivity contribution >= 4 is 5.97 Å². The first-order valence-corrected chi connectivity index (χ1v) is 6.16. The van der Waals surface area contributed by atoms with Crippen LogP contribution in [-0.2, 0) is 14.3 Å². The Morgan fingerprint density at radius 1 is 1.31 bits per heavy atom. The summed E-state index contributed by atoms with van der Waals surface area (Å²) in [5.74, 6) is 0.280. The van der Waals surface area contributed by atoms with Crippen molar-refractivity contribution in [2.24, 2.45) is 11.8 Å². The van der Waals surface area contributed by atoms with Gasteiger partial charge in [-0.2, -0.15) is 0 Å². The molecule has 0 aromatic rings. The summed E-state index contributed by atoms with van der Waals surface area (Å²) in [6, 6.07) is 0. The minimum Gasteiger partial charge on any atom is -0.460 e. The Morgan fingerprint density at radius 3 is 2.31 bits per heavy atom. The average molecular weight is 228 g/mol. The third-order valence-corrected chi connectivity index (χ3v) is 3.02. The summed E-state index contributed by atoms with van der Waals surface area (Å²) < 4.78 is 10.6. The van der Waals surface area contributed by atoms with Crippen LogP contribution in [0.2, 0.25) is 0 Å². The topological polar surface area (TPSA) is 35.5 Å². The van der Waals surface area contributed by atoms with Gasteiger partial charge in [-0.3, -0.25) is 4.79 Å². The summed E-state index contributed by atoms with van der Waals surface area (Å²) in [4.78, 5) is 12.0. The van der Waals surface area contributed by atoms with Gasteiger partial charge in [0.25, 0.3) is 0 Å². The number of carbonyl (C=O) groups is 1. The van der Waals surface area contributed by atoms with E-state index in [9.17, 15) is 4.79 Å². The Balaban J connectivity index is 2.57. The van der Waals surface area contributed by atoms with E-state index in [1.54, 1.807) is 7.11 Å². The first-order chi connectivity index (χ1) is 7.44. The van der Waals surface area contributed by atoms with Crippen molar-refractivity contribution in [3.63, 3.8) is 0 Å². The van der Waals surface area contributed by atoms with E-state index in [1.165, 1.54) is 12.8 Å². The highest BCUT2D eigenvalue weighted by Gasteiger charge is 2.33. The predicted molar refractivity (Wildman–Crippen MR) is 63.2 cm³/mol. The quantitative estimate of drug-likeness (QED) is 0.694. The van der Waals surface area contributed by atoms with Gasteiger partial charge in [0.15, 0.2) is 0 Å². The van der Waals surface area contributed by atoms with Crippen molar-refractivity contribution in [2.45, 2.75) is 52.1 Å². The van der Waals surface area contributed by atoms with Crippen LogP contribution < -0.4 is 0 Å². The highest BCUT2D eigenvalue weighted by Crippen LogP contribution is 2.33. The molecule has 0 heterocycles. The van der Waals surface area contributed by atoms with Crippen molar-refractivity contribution in [1.82, 2.24) is 0 Å². The number of hydrogen-bond acceptors (Lipinski definition) is 3. The molecule has 0 aromatic heterocycles. The van der Waals surface area contributed by atoms with Gasteiger partial charge in [0.05, 0.1) is 12.5 Å². The summed E-state index contributed by atoms with van der Waals surface area (Å²) in [7, 11) is 1.65. The first-order valence-electron chi connectivity index (χ1n) is 6.16. The fourth-order valence-electron chi connectivity index (χ4n) is 2.31. The summed E-state index contributed by atoms with van der Waals surface area (Å²) >= 11 is 0. The van der Waals surface area contributed by atoms with Crippen LogP contribution in [0.1, 0.15) is 46.5 Å². The van der Waals surface area contributed by atoms with Gasteiger partial charge in [-0.05, 0) is 39.5 Å². The molecule has 1 rings (SSSR count). The Kier molecular flexibility index (Phi) is 4.78. The van der Waals surface area contributed by atoms with Crippen molar-refractivity contribution in [2.75, 3.05) is 13.7 Å². The zero-order chi connectivity index (χ0) is 12.2. The molecule has 16 heavy (non-hydrogen) atoms. The van der Waals surface area contributed by atoms with Gasteiger partial charge in [0.1, 0.15) is 5.60 Å².